The lowest BCUT2D eigenvalue weighted by atomic mass is 9.82. The highest BCUT2D eigenvalue weighted by Crippen LogP contribution is 2.29. The summed E-state index contributed by atoms with van der Waals surface area (Å²) in [6.45, 7) is 9.47. The zero-order chi connectivity index (χ0) is 36.1. The summed E-state index contributed by atoms with van der Waals surface area (Å²) in [6, 6.07) is 8.32. The lowest BCUT2D eigenvalue weighted by molar-refractivity contribution is -0.143. The Morgan fingerprint density at radius 1 is 0.898 bits per heavy atom. The second-order valence-electron chi connectivity index (χ2n) is 13.9. The number of rotatable bonds is 18. The van der Waals surface area contributed by atoms with Crippen molar-refractivity contribution < 1.29 is 38.2 Å². The van der Waals surface area contributed by atoms with Crippen molar-refractivity contribution in [3.63, 3.8) is 0 Å². The molecule has 1 fully saturated rings. The molecule has 0 radical (unpaired) electrons. The van der Waals surface area contributed by atoms with Crippen molar-refractivity contribution in [1.82, 2.24) is 15.5 Å². The molecule has 3 amide bonds. The minimum Gasteiger partial charge on any atom is -0.481 e. The number of aliphatic hydroxyl groups is 1. The van der Waals surface area contributed by atoms with Crippen LogP contribution in [0.15, 0.2) is 42.5 Å². The van der Waals surface area contributed by atoms with Gasteiger partial charge < -0.3 is 25.7 Å². The van der Waals surface area contributed by atoms with Gasteiger partial charge in [-0.1, -0.05) is 33.8 Å². The highest BCUT2D eigenvalue weighted by molar-refractivity contribution is 5.99. The summed E-state index contributed by atoms with van der Waals surface area (Å²) in [5.41, 5.74) is 0.766. The van der Waals surface area contributed by atoms with Crippen molar-refractivity contribution in [3.05, 3.63) is 70.8 Å². The summed E-state index contributed by atoms with van der Waals surface area (Å²) < 4.78 is 28.3. The van der Waals surface area contributed by atoms with Crippen LogP contribution >= 0.6 is 0 Å². The van der Waals surface area contributed by atoms with Gasteiger partial charge in [0.15, 0.2) is 0 Å². The molecular weight excluding hydrogens is 632 g/mol. The van der Waals surface area contributed by atoms with Crippen LogP contribution in [0.3, 0.4) is 0 Å². The molecule has 2 aromatic rings. The zero-order valence-corrected chi connectivity index (χ0v) is 29.2. The third-order valence-electron chi connectivity index (χ3n) is 9.22. The van der Waals surface area contributed by atoms with Crippen LogP contribution in [0.4, 0.5) is 8.78 Å². The number of aliphatic carboxylic acids is 1. The van der Waals surface area contributed by atoms with Gasteiger partial charge in [-0.15, -0.1) is 0 Å². The molecule has 4 N–H and O–H groups in total. The highest BCUT2D eigenvalue weighted by Gasteiger charge is 2.31. The molecule has 49 heavy (non-hydrogen) atoms. The molecular formula is C38H53F2N3O6. The van der Waals surface area contributed by atoms with E-state index in [1.54, 1.807) is 23.1 Å². The first-order chi connectivity index (χ1) is 23.3. The quantitative estimate of drug-likeness (QED) is 0.152. The van der Waals surface area contributed by atoms with Gasteiger partial charge in [0.05, 0.1) is 18.1 Å². The van der Waals surface area contributed by atoms with Crippen molar-refractivity contribution in [2.24, 2.45) is 23.7 Å². The van der Waals surface area contributed by atoms with Crippen molar-refractivity contribution in [2.45, 2.75) is 97.6 Å². The van der Waals surface area contributed by atoms with Gasteiger partial charge in [-0.25, -0.2) is 8.78 Å². The van der Waals surface area contributed by atoms with E-state index in [0.29, 0.717) is 57.3 Å². The Bertz CT molecular complexity index is 1390. The normalized spacial score (nSPS) is 18.0. The van der Waals surface area contributed by atoms with E-state index in [-0.39, 0.29) is 53.5 Å². The molecule has 3 atom stereocenters. The molecule has 1 saturated carbocycles. The maximum atomic E-state index is 14.2. The molecule has 11 heteroatoms. The lowest BCUT2D eigenvalue weighted by Gasteiger charge is -2.30. The topological polar surface area (TPSA) is 136 Å². The predicted octanol–water partition coefficient (Wildman–Crippen LogP) is 5.99. The molecule has 1 aliphatic carbocycles. The smallest absolute Gasteiger partial charge is 0.306 e. The SMILES string of the molecule is CCCN(CCC)C(=O)c1cccc(C(=O)N[C@@H](Cc2cc(F)cc(F)c2)[C@@H](O)C[C@@H](CC(C)C)C(=O)NCC2CCC(C(=O)O)CC2)c1. The maximum absolute atomic E-state index is 14.2. The van der Waals surface area contributed by atoms with Crippen LogP contribution in [0.5, 0.6) is 0 Å². The van der Waals surface area contributed by atoms with Gasteiger partial charge >= 0.3 is 5.97 Å². The van der Waals surface area contributed by atoms with Gasteiger partial charge in [-0.3, -0.25) is 19.2 Å². The Balaban J connectivity index is 1.79. The monoisotopic (exact) mass is 685 g/mol. The van der Waals surface area contributed by atoms with E-state index in [1.165, 1.54) is 6.07 Å². The Labute approximate surface area is 288 Å². The molecule has 0 aliphatic heterocycles. The number of carboxylic acids is 1. The Morgan fingerprint density at radius 3 is 2.08 bits per heavy atom. The molecule has 0 unspecified atom stereocenters. The number of amides is 3. The van der Waals surface area contributed by atoms with Crippen molar-refractivity contribution in [2.75, 3.05) is 19.6 Å². The fraction of sp³-hybridized carbons (Fsp3) is 0.579. The largest absolute Gasteiger partial charge is 0.481 e. The Kier molecular flexibility index (Phi) is 15.6. The summed E-state index contributed by atoms with van der Waals surface area (Å²) in [7, 11) is 0. The average Bonchev–Trinajstić information content (AvgIpc) is 3.05. The lowest BCUT2D eigenvalue weighted by Crippen LogP contribution is -2.47. The summed E-state index contributed by atoms with van der Waals surface area (Å²) in [5, 5.41) is 26.7. The van der Waals surface area contributed by atoms with Crippen molar-refractivity contribution in [3.8, 4) is 0 Å². The van der Waals surface area contributed by atoms with Gasteiger partial charge in [-0.05, 0) is 106 Å². The number of hydrogen-bond donors (Lipinski definition) is 4. The van der Waals surface area contributed by atoms with Crippen LogP contribution in [0.1, 0.15) is 105 Å². The molecule has 270 valence electrons. The van der Waals surface area contributed by atoms with Crippen LogP contribution in [-0.2, 0) is 16.0 Å². The second kappa shape index (κ2) is 19.4. The number of carbonyl (C=O) groups is 4. The molecule has 9 nitrogen and oxygen atoms in total. The highest BCUT2D eigenvalue weighted by atomic mass is 19.1. The van der Waals surface area contributed by atoms with Crippen LogP contribution in [0, 0.1) is 35.3 Å². The van der Waals surface area contributed by atoms with E-state index < -0.39 is 41.6 Å². The van der Waals surface area contributed by atoms with Crippen LogP contribution in [0.2, 0.25) is 0 Å². The van der Waals surface area contributed by atoms with Crippen LogP contribution < -0.4 is 10.6 Å². The van der Waals surface area contributed by atoms with Crippen molar-refractivity contribution >= 4 is 23.7 Å². The first-order valence-corrected chi connectivity index (χ1v) is 17.6. The first kappa shape index (κ1) is 39.6. The molecule has 0 spiro atoms. The zero-order valence-electron chi connectivity index (χ0n) is 29.2. The Hall–Kier alpha value is -3.86. The van der Waals surface area contributed by atoms with E-state index in [1.807, 2.05) is 27.7 Å². The molecule has 0 bridgehead atoms. The number of carboxylic acid groups (broad SMARTS) is 1. The van der Waals surface area contributed by atoms with Crippen LogP contribution in [-0.4, -0.2) is 70.6 Å². The number of hydrogen-bond acceptors (Lipinski definition) is 5. The summed E-state index contributed by atoms with van der Waals surface area (Å²) in [5.74, 6) is -4.08. The fourth-order valence-electron chi connectivity index (χ4n) is 6.69. The minimum absolute atomic E-state index is 0.0139. The number of nitrogens with zero attached hydrogens (tertiary/aromatic N) is 1. The van der Waals surface area contributed by atoms with Gasteiger partial charge in [0.2, 0.25) is 5.91 Å². The fourth-order valence-corrected chi connectivity index (χ4v) is 6.69. The predicted molar refractivity (Wildman–Crippen MR) is 184 cm³/mol. The average molecular weight is 686 g/mol. The van der Waals surface area contributed by atoms with E-state index in [4.69, 9.17) is 0 Å². The third-order valence-corrected chi connectivity index (χ3v) is 9.22. The first-order valence-electron chi connectivity index (χ1n) is 17.6. The maximum Gasteiger partial charge on any atom is 0.306 e. The molecule has 2 aromatic carbocycles. The molecule has 3 rings (SSSR count). The third kappa shape index (κ3) is 12.5. The summed E-state index contributed by atoms with van der Waals surface area (Å²) >= 11 is 0. The number of carbonyl (C=O) groups excluding carboxylic acids is 3. The molecule has 0 saturated heterocycles. The second-order valence-corrected chi connectivity index (χ2v) is 13.9. The number of halogens is 2. The van der Waals surface area contributed by atoms with E-state index in [0.717, 1.165) is 31.0 Å². The standard InChI is InChI=1S/C38H53F2N3O6/c1-5-14-43(15-6-2)37(47)29-9-7-8-28(20-29)36(46)42-33(19-26-17-31(39)22-32(40)18-26)34(44)21-30(16-24(3)4)35(45)41-23-25-10-12-27(13-11-25)38(48)49/h7-9,17-18,20,22,24-25,27,30,33-34,44H,5-6,10-16,19,21,23H2,1-4H3,(H,41,45)(H,42,46)(H,48,49)/t25?,27?,30-,33+,34+/m1/s1. The van der Waals surface area contributed by atoms with Gasteiger partial charge in [0.1, 0.15) is 11.6 Å². The van der Waals surface area contributed by atoms with Gasteiger partial charge in [-0.2, -0.15) is 0 Å². The van der Waals surface area contributed by atoms with Crippen molar-refractivity contribution in [1.29, 1.82) is 0 Å². The van der Waals surface area contributed by atoms with Gasteiger partial charge in [0.25, 0.3) is 11.8 Å². The Morgan fingerprint density at radius 2 is 1.51 bits per heavy atom. The van der Waals surface area contributed by atoms with E-state index >= 15 is 0 Å². The summed E-state index contributed by atoms with van der Waals surface area (Å²) in [4.78, 5) is 53.3. The van der Waals surface area contributed by atoms with E-state index in [2.05, 4.69) is 10.6 Å². The minimum atomic E-state index is -1.26. The number of benzene rings is 2. The number of nitrogens with one attached hydrogen (secondary N) is 2. The summed E-state index contributed by atoms with van der Waals surface area (Å²) in [6.07, 6.45) is 3.20. The molecule has 0 aromatic heterocycles. The molecule has 0 heterocycles. The number of aliphatic hydroxyl groups excluding tert-OH is 1. The van der Waals surface area contributed by atoms with Gasteiger partial charge in [0, 0.05) is 42.7 Å². The molecule has 1 aliphatic rings. The van der Waals surface area contributed by atoms with Crippen LogP contribution in [0.25, 0.3) is 0 Å². The van der Waals surface area contributed by atoms with E-state index in [9.17, 15) is 38.2 Å².